The molecule has 8 nitrogen and oxygen atoms in total. The van der Waals surface area contributed by atoms with Crippen LogP contribution in [0.2, 0.25) is 0 Å². The Hall–Kier alpha value is -3.65. The number of hydrogen-bond donors (Lipinski definition) is 1. The maximum Gasteiger partial charge on any atom is 0.357 e. The zero-order chi connectivity index (χ0) is 21.7. The van der Waals surface area contributed by atoms with Gasteiger partial charge < -0.3 is 19.5 Å². The van der Waals surface area contributed by atoms with Crippen molar-refractivity contribution >= 4 is 17.6 Å². The Bertz CT molecular complexity index is 1030. The number of aliphatic hydroxyl groups excluding tert-OH is 1. The predicted molar refractivity (Wildman–Crippen MR) is 112 cm³/mol. The van der Waals surface area contributed by atoms with E-state index in [4.69, 9.17) is 14.6 Å². The second kappa shape index (κ2) is 9.23. The van der Waals surface area contributed by atoms with Gasteiger partial charge in [-0.25, -0.2) is 14.3 Å². The lowest BCUT2D eigenvalue weighted by Gasteiger charge is -2.17. The van der Waals surface area contributed by atoms with Crippen LogP contribution >= 0.6 is 0 Å². The number of rotatable bonds is 7. The van der Waals surface area contributed by atoms with Gasteiger partial charge in [-0.3, -0.25) is 0 Å². The third kappa shape index (κ3) is 4.04. The summed E-state index contributed by atoms with van der Waals surface area (Å²) in [7, 11) is 4.36. The van der Waals surface area contributed by atoms with E-state index in [2.05, 4.69) is 5.10 Å². The molecule has 8 heteroatoms. The number of aromatic nitrogens is 2. The Balaban J connectivity index is 2.20. The Kier molecular flexibility index (Phi) is 6.48. The van der Waals surface area contributed by atoms with E-state index in [1.165, 1.54) is 18.9 Å². The van der Waals surface area contributed by atoms with Crippen molar-refractivity contribution in [3.63, 3.8) is 0 Å². The van der Waals surface area contributed by atoms with Gasteiger partial charge in [-0.1, -0.05) is 30.3 Å². The summed E-state index contributed by atoms with van der Waals surface area (Å²) >= 11 is 0. The van der Waals surface area contributed by atoms with Gasteiger partial charge in [0.15, 0.2) is 5.69 Å². The highest BCUT2D eigenvalue weighted by molar-refractivity contribution is 6.06. The van der Waals surface area contributed by atoms with E-state index in [0.29, 0.717) is 23.5 Å². The molecule has 1 N–H and O–H groups in total. The van der Waals surface area contributed by atoms with E-state index in [9.17, 15) is 9.59 Å². The van der Waals surface area contributed by atoms with Crippen molar-refractivity contribution in [2.45, 2.75) is 0 Å². The molecule has 0 spiro atoms. The van der Waals surface area contributed by atoms with Crippen LogP contribution in [0.4, 0.5) is 5.69 Å². The van der Waals surface area contributed by atoms with E-state index in [0.717, 1.165) is 5.69 Å². The molecule has 0 radical (unpaired) electrons. The fraction of sp³-hybridized carbons (Fsp3) is 0.227. The van der Waals surface area contributed by atoms with Gasteiger partial charge in [0, 0.05) is 24.8 Å². The fourth-order valence-corrected chi connectivity index (χ4v) is 3.11. The van der Waals surface area contributed by atoms with E-state index >= 15 is 0 Å². The third-order valence-corrected chi connectivity index (χ3v) is 4.67. The number of para-hydroxylation sites is 1. The lowest BCUT2D eigenvalue weighted by Crippen LogP contribution is -2.20. The molecule has 0 aliphatic rings. The second-order valence-electron chi connectivity index (χ2n) is 6.49. The second-order valence-corrected chi connectivity index (χ2v) is 6.49. The Morgan fingerprint density at radius 2 is 1.63 bits per heavy atom. The molecule has 3 rings (SSSR count). The van der Waals surface area contributed by atoms with Crippen LogP contribution in [0.25, 0.3) is 16.9 Å². The molecular weight excluding hydrogens is 386 g/mol. The van der Waals surface area contributed by atoms with E-state index in [1.807, 2.05) is 30.1 Å². The molecule has 0 saturated carbocycles. The molecule has 2 aromatic carbocycles. The fourth-order valence-electron chi connectivity index (χ4n) is 3.11. The SMILES string of the molecule is COC(=O)c1c(-c2ccc(N(C)CCO)cc2)nn(-c2ccccc2)c1C(=O)OC. The highest BCUT2D eigenvalue weighted by atomic mass is 16.5. The normalized spacial score (nSPS) is 10.5. The standard InChI is InChI=1S/C22H23N3O5/c1-24(13-14-26)16-11-9-15(10-12-16)19-18(21(27)29-2)20(22(28)30-3)25(23-19)17-7-5-4-6-8-17/h4-12,26H,13-14H2,1-3H3. The maximum atomic E-state index is 12.6. The van der Waals surface area contributed by atoms with E-state index in [1.54, 1.807) is 36.4 Å². The minimum absolute atomic E-state index is 0.00738. The molecule has 0 aliphatic heterocycles. The zero-order valence-corrected chi connectivity index (χ0v) is 17.0. The number of ether oxygens (including phenoxy) is 2. The van der Waals surface area contributed by atoms with Crippen LogP contribution in [0.15, 0.2) is 54.6 Å². The maximum absolute atomic E-state index is 12.6. The van der Waals surface area contributed by atoms with Gasteiger partial charge in [0.1, 0.15) is 11.3 Å². The number of hydrogen-bond acceptors (Lipinski definition) is 7. The lowest BCUT2D eigenvalue weighted by atomic mass is 10.0. The topological polar surface area (TPSA) is 93.9 Å². The summed E-state index contributed by atoms with van der Waals surface area (Å²) in [6, 6.07) is 16.3. The van der Waals surface area contributed by atoms with Crippen molar-refractivity contribution in [1.82, 2.24) is 9.78 Å². The number of anilines is 1. The number of carbonyl (C=O) groups excluding carboxylic acids is 2. The summed E-state index contributed by atoms with van der Waals surface area (Å²) < 4.78 is 11.3. The summed E-state index contributed by atoms with van der Waals surface area (Å²) in [4.78, 5) is 27.1. The van der Waals surface area contributed by atoms with Gasteiger partial charge in [-0.2, -0.15) is 5.10 Å². The van der Waals surface area contributed by atoms with Crippen LogP contribution in [0.5, 0.6) is 0 Å². The van der Waals surface area contributed by atoms with Gasteiger partial charge in [0.2, 0.25) is 0 Å². The average molecular weight is 409 g/mol. The number of likely N-dealkylation sites (N-methyl/N-ethyl adjacent to an activating group) is 1. The third-order valence-electron chi connectivity index (χ3n) is 4.67. The van der Waals surface area contributed by atoms with Gasteiger partial charge in [-0.05, 0) is 24.3 Å². The van der Waals surface area contributed by atoms with Gasteiger partial charge in [-0.15, -0.1) is 0 Å². The van der Waals surface area contributed by atoms with Crippen molar-refractivity contribution in [2.75, 3.05) is 39.3 Å². The summed E-state index contributed by atoms with van der Waals surface area (Å²) in [5.41, 5.74) is 2.47. The molecule has 0 saturated heterocycles. The molecule has 0 fully saturated rings. The van der Waals surface area contributed by atoms with Crippen LogP contribution in [0.3, 0.4) is 0 Å². The van der Waals surface area contributed by atoms with Crippen LogP contribution in [-0.4, -0.2) is 61.2 Å². The first kappa shape index (κ1) is 21.1. The minimum Gasteiger partial charge on any atom is -0.465 e. The van der Waals surface area contributed by atoms with Crippen molar-refractivity contribution in [3.05, 3.63) is 65.9 Å². The van der Waals surface area contributed by atoms with E-state index < -0.39 is 11.9 Å². The summed E-state index contributed by atoms with van der Waals surface area (Å²) in [5, 5.41) is 13.7. The molecule has 0 atom stereocenters. The Labute approximate surface area is 174 Å². The summed E-state index contributed by atoms with van der Waals surface area (Å²) in [6.45, 7) is 0.524. The van der Waals surface area contributed by atoms with Crippen LogP contribution in [0, 0.1) is 0 Å². The van der Waals surface area contributed by atoms with Crippen LogP contribution in [0.1, 0.15) is 20.8 Å². The van der Waals surface area contributed by atoms with Crippen molar-refractivity contribution in [3.8, 4) is 16.9 Å². The predicted octanol–water partition coefficient (Wildman–Crippen LogP) is 2.54. The first-order valence-electron chi connectivity index (χ1n) is 9.29. The number of benzene rings is 2. The largest absolute Gasteiger partial charge is 0.465 e. The van der Waals surface area contributed by atoms with Crippen molar-refractivity contribution in [2.24, 2.45) is 0 Å². The number of nitrogens with zero attached hydrogens (tertiary/aromatic N) is 3. The molecule has 30 heavy (non-hydrogen) atoms. The Morgan fingerprint density at radius 3 is 2.20 bits per heavy atom. The van der Waals surface area contributed by atoms with Gasteiger partial charge in [0.05, 0.1) is 26.5 Å². The number of aliphatic hydroxyl groups is 1. The first-order valence-corrected chi connectivity index (χ1v) is 9.29. The molecule has 0 aliphatic carbocycles. The smallest absolute Gasteiger partial charge is 0.357 e. The van der Waals surface area contributed by atoms with Gasteiger partial charge in [0.25, 0.3) is 0 Å². The molecular formula is C22H23N3O5. The molecule has 1 heterocycles. The van der Waals surface area contributed by atoms with Crippen molar-refractivity contribution in [1.29, 1.82) is 0 Å². The minimum atomic E-state index is -0.697. The molecule has 0 amide bonds. The Morgan fingerprint density at radius 1 is 1.00 bits per heavy atom. The van der Waals surface area contributed by atoms with E-state index in [-0.39, 0.29) is 17.9 Å². The molecule has 0 bridgehead atoms. The highest BCUT2D eigenvalue weighted by Crippen LogP contribution is 2.30. The average Bonchev–Trinajstić information content (AvgIpc) is 3.19. The summed E-state index contributed by atoms with van der Waals surface area (Å²) in [6.07, 6.45) is 0. The number of esters is 2. The lowest BCUT2D eigenvalue weighted by molar-refractivity contribution is 0.0549. The monoisotopic (exact) mass is 409 g/mol. The highest BCUT2D eigenvalue weighted by Gasteiger charge is 2.31. The van der Waals surface area contributed by atoms with Crippen molar-refractivity contribution < 1.29 is 24.2 Å². The molecule has 1 aromatic heterocycles. The summed E-state index contributed by atoms with van der Waals surface area (Å²) in [5.74, 6) is -1.38. The molecule has 0 unspecified atom stereocenters. The zero-order valence-electron chi connectivity index (χ0n) is 17.0. The number of methoxy groups -OCH3 is 2. The quantitative estimate of drug-likeness (QED) is 0.599. The molecule has 3 aromatic rings. The number of carbonyl (C=O) groups is 2. The van der Waals surface area contributed by atoms with Gasteiger partial charge >= 0.3 is 11.9 Å². The van der Waals surface area contributed by atoms with Crippen LogP contribution in [-0.2, 0) is 9.47 Å². The first-order chi connectivity index (χ1) is 14.5. The van der Waals surface area contributed by atoms with Crippen LogP contribution < -0.4 is 4.90 Å². The molecule has 156 valence electrons.